The summed E-state index contributed by atoms with van der Waals surface area (Å²) in [4.78, 5) is 28.4. The molecule has 4 rings (SSSR count). The van der Waals surface area contributed by atoms with Crippen LogP contribution in [0.25, 0.3) is 0 Å². The number of ether oxygens (including phenoxy) is 1. The van der Waals surface area contributed by atoms with Crippen molar-refractivity contribution in [2.45, 2.75) is 71.3 Å². The smallest absolute Gasteiger partial charge is 0.416 e. The van der Waals surface area contributed by atoms with Crippen LogP contribution >= 0.6 is 0 Å². The molecule has 2 aromatic rings. The maximum Gasteiger partial charge on any atom is 0.416 e. The molecule has 2 aliphatic heterocycles. The van der Waals surface area contributed by atoms with Gasteiger partial charge in [0.2, 0.25) is 0 Å². The Morgan fingerprint density at radius 3 is 2.29 bits per heavy atom. The monoisotopic (exact) mass is 533 g/mol. The van der Waals surface area contributed by atoms with E-state index in [4.69, 9.17) is 4.74 Å². The quantitative estimate of drug-likeness (QED) is 0.546. The van der Waals surface area contributed by atoms with Gasteiger partial charge < -0.3 is 9.64 Å². The summed E-state index contributed by atoms with van der Waals surface area (Å²) in [5, 5.41) is 0. The second kappa shape index (κ2) is 10.8. The molecule has 2 atom stereocenters. The first-order chi connectivity index (χ1) is 17.9. The normalized spacial score (nSPS) is 21.8. The Balaban J connectivity index is 1.40. The van der Waals surface area contributed by atoms with E-state index >= 15 is 0 Å². The van der Waals surface area contributed by atoms with Crippen LogP contribution in [0.4, 0.5) is 13.2 Å². The van der Waals surface area contributed by atoms with Gasteiger partial charge in [-0.2, -0.15) is 13.2 Å². The predicted octanol–water partition coefficient (Wildman–Crippen LogP) is 4.88. The summed E-state index contributed by atoms with van der Waals surface area (Å²) in [5.41, 5.74) is 2.05. The number of piperidine rings is 1. The van der Waals surface area contributed by atoms with Crippen molar-refractivity contribution in [3.8, 4) is 5.75 Å². The highest BCUT2D eigenvalue weighted by atomic mass is 19.4. The summed E-state index contributed by atoms with van der Waals surface area (Å²) in [6.45, 7) is 14.0. The zero-order chi connectivity index (χ0) is 27.8. The van der Waals surface area contributed by atoms with Crippen molar-refractivity contribution >= 4 is 5.91 Å². The maximum absolute atomic E-state index is 13.2. The van der Waals surface area contributed by atoms with Crippen molar-refractivity contribution in [2.24, 2.45) is 0 Å². The van der Waals surface area contributed by atoms with Crippen molar-refractivity contribution < 1.29 is 22.7 Å². The highest BCUT2D eigenvalue weighted by Crippen LogP contribution is 2.38. The molecule has 1 aromatic carbocycles. The molecule has 3 heterocycles. The SMILES string of the molecule is COc1cc(C(F)(F)F)ccc1[C@@H](C)N1CCN(C2(C)CCN(C(=O)c3c(C)ncnc3C)CC2)C[C@@H]1C. The van der Waals surface area contributed by atoms with Crippen molar-refractivity contribution in [3.05, 3.63) is 52.6 Å². The molecule has 38 heavy (non-hydrogen) atoms. The molecule has 2 aliphatic rings. The minimum atomic E-state index is -4.41. The lowest BCUT2D eigenvalue weighted by Gasteiger charge is -2.52. The molecule has 10 heteroatoms. The van der Waals surface area contributed by atoms with Gasteiger partial charge in [-0.05, 0) is 59.6 Å². The number of rotatable bonds is 5. The summed E-state index contributed by atoms with van der Waals surface area (Å²) in [7, 11) is 1.42. The minimum absolute atomic E-state index is 0.000140. The number of carbonyl (C=O) groups is 1. The van der Waals surface area contributed by atoms with Crippen LogP contribution in [-0.2, 0) is 6.18 Å². The van der Waals surface area contributed by atoms with Crippen molar-refractivity contribution in [1.82, 2.24) is 24.7 Å². The fraction of sp³-hybridized carbons (Fsp3) is 0.607. The summed E-state index contributed by atoms with van der Waals surface area (Å²) in [6.07, 6.45) is -1.17. The summed E-state index contributed by atoms with van der Waals surface area (Å²) in [6, 6.07) is 3.88. The van der Waals surface area contributed by atoms with E-state index in [-0.39, 0.29) is 29.3 Å². The van der Waals surface area contributed by atoms with E-state index < -0.39 is 11.7 Å². The summed E-state index contributed by atoms with van der Waals surface area (Å²) >= 11 is 0. The van der Waals surface area contributed by atoms with Gasteiger partial charge in [0.05, 0.1) is 29.6 Å². The molecule has 0 unspecified atom stereocenters. The number of hydrogen-bond donors (Lipinski definition) is 0. The second-order valence-electron chi connectivity index (χ2n) is 10.9. The van der Waals surface area contributed by atoms with E-state index in [1.165, 1.54) is 13.4 Å². The first-order valence-electron chi connectivity index (χ1n) is 13.2. The zero-order valence-electron chi connectivity index (χ0n) is 23.1. The molecule has 2 fully saturated rings. The van der Waals surface area contributed by atoms with Gasteiger partial charge in [0.25, 0.3) is 5.91 Å². The molecule has 7 nitrogen and oxygen atoms in total. The molecule has 208 valence electrons. The fourth-order valence-corrected chi connectivity index (χ4v) is 6.02. The van der Waals surface area contributed by atoms with Gasteiger partial charge >= 0.3 is 6.18 Å². The van der Waals surface area contributed by atoms with Crippen LogP contribution in [0.1, 0.15) is 72.5 Å². The Hall–Kier alpha value is -2.72. The highest BCUT2D eigenvalue weighted by molar-refractivity contribution is 5.96. The van der Waals surface area contributed by atoms with E-state index in [1.54, 1.807) is 6.07 Å². The number of hydrogen-bond acceptors (Lipinski definition) is 6. The number of benzene rings is 1. The van der Waals surface area contributed by atoms with E-state index in [0.717, 1.165) is 50.2 Å². The second-order valence-corrected chi connectivity index (χ2v) is 10.9. The zero-order valence-corrected chi connectivity index (χ0v) is 23.1. The number of carbonyl (C=O) groups excluding carboxylic acids is 1. The molecular formula is C28H38F3N5O2. The van der Waals surface area contributed by atoms with E-state index in [1.807, 2.05) is 25.7 Å². The van der Waals surface area contributed by atoms with Crippen molar-refractivity contribution in [3.63, 3.8) is 0 Å². The van der Waals surface area contributed by atoms with Crippen LogP contribution in [0.15, 0.2) is 24.5 Å². The van der Waals surface area contributed by atoms with Gasteiger partial charge in [0, 0.05) is 55.9 Å². The van der Waals surface area contributed by atoms with Gasteiger partial charge in [-0.15, -0.1) is 0 Å². The number of alkyl halides is 3. The first-order valence-corrected chi connectivity index (χ1v) is 13.2. The molecule has 0 spiro atoms. The lowest BCUT2D eigenvalue weighted by atomic mass is 9.86. The lowest BCUT2D eigenvalue weighted by molar-refractivity contribution is -0.137. The number of aryl methyl sites for hydroxylation is 2. The van der Waals surface area contributed by atoms with Crippen LogP contribution in [0.5, 0.6) is 5.75 Å². The van der Waals surface area contributed by atoms with Crippen LogP contribution in [0.3, 0.4) is 0 Å². The Morgan fingerprint density at radius 1 is 1.11 bits per heavy atom. The highest BCUT2D eigenvalue weighted by Gasteiger charge is 2.41. The van der Waals surface area contributed by atoms with Crippen molar-refractivity contribution in [1.29, 1.82) is 0 Å². The topological polar surface area (TPSA) is 61.8 Å². The third kappa shape index (κ3) is 5.52. The largest absolute Gasteiger partial charge is 0.496 e. The minimum Gasteiger partial charge on any atom is -0.496 e. The number of aromatic nitrogens is 2. The Kier molecular flexibility index (Phi) is 8.04. The van der Waals surface area contributed by atoms with Gasteiger partial charge in [0.15, 0.2) is 0 Å². The summed E-state index contributed by atoms with van der Waals surface area (Å²) < 4.78 is 45.0. The first kappa shape index (κ1) is 28.3. The van der Waals surface area contributed by atoms with Gasteiger partial charge in [-0.1, -0.05) is 6.07 Å². The van der Waals surface area contributed by atoms with Crippen LogP contribution in [-0.4, -0.2) is 82.0 Å². The van der Waals surface area contributed by atoms with E-state index in [0.29, 0.717) is 30.0 Å². The van der Waals surface area contributed by atoms with Crippen molar-refractivity contribution in [2.75, 3.05) is 39.8 Å². The number of piperazine rings is 1. The molecule has 0 bridgehead atoms. The molecule has 1 amide bonds. The third-order valence-corrected chi connectivity index (χ3v) is 8.52. The number of likely N-dealkylation sites (tertiary alicyclic amines) is 1. The number of amides is 1. The fourth-order valence-electron chi connectivity index (χ4n) is 6.02. The average Bonchev–Trinajstić information content (AvgIpc) is 2.87. The maximum atomic E-state index is 13.2. The molecule has 0 radical (unpaired) electrons. The number of halogens is 3. The van der Waals surface area contributed by atoms with Crippen LogP contribution in [0.2, 0.25) is 0 Å². The number of methoxy groups -OCH3 is 1. The molecular weight excluding hydrogens is 495 g/mol. The van der Waals surface area contributed by atoms with Gasteiger partial charge in [0.1, 0.15) is 12.1 Å². The molecule has 0 saturated carbocycles. The third-order valence-electron chi connectivity index (χ3n) is 8.52. The standard InChI is InChI=1S/C28H38F3N5O2/c1-18-16-35(13-14-36(18)21(4)23-8-7-22(28(29,30)31)15-24(23)38-6)27(5)9-11-34(12-10-27)26(37)25-19(2)32-17-33-20(25)3/h7-8,15,17-18,21H,9-14,16H2,1-6H3/t18-,21+/m0/s1. The van der Waals surface area contributed by atoms with Crippen LogP contribution in [0, 0.1) is 13.8 Å². The molecule has 0 N–H and O–H groups in total. The summed E-state index contributed by atoms with van der Waals surface area (Å²) in [5.74, 6) is 0.264. The van der Waals surface area contributed by atoms with E-state index in [9.17, 15) is 18.0 Å². The van der Waals surface area contributed by atoms with E-state index in [2.05, 4.69) is 33.6 Å². The van der Waals surface area contributed by atoms with Gasteiger partial charge in [-0.25, -0.2) is 9.97 Å². The van der Waals surface area contributed by atoms with Crippen LogP contribution < -0.4 is 4.74 Å². The Bertz CT molecular complexity index is 1140. The molecule has 2 saturated heterocycles. The average molecular weight is 534 g/mol. The predicted molar refractivity (Wildman–Crippen MR) is 139 cm³/mol. The Labute approximate surface area is 223 Å². The molecule has 1 aromatic heterocycles. The molecule has 0 aliphatic carbocycles. The van der Waals surface area contributed by atoms with Gasteiger partial charge in [-0.3, -0.25) is 14.6 Å². The lowest BCUT2D eigenvalue weighted by Crippen LogP contribution is -2.62. The Morgan fingerprint density at radius 2 is 1.74 bits per heavy atom. The number of nitrogens with zero attached hydrogens (tertiary/aromatic N) is 5.